The zero-order valence-electron chi connectivity index (χ0n) is 15.3. The van der Waals surface area contributed by atoms with Crippen LogP contribution in [-0.2, 0) is 32.0 Å². The van der Waals surface area contributed by atoms with Crippen LogP contribution >= 0.6 is 0 Å². The van der Waals surface area contributed by atoms with E-state index in [0.717, 1.165) is 30.7 Å². The minimum absolute atomic E-state index is 0.0470. The predicted molar refractivity (Wildman–Crippen MR) is 91.9 cm³/mol. The SMILES string of the molecule is CC(=O)Cn1c(C[NH+]2CC[NH+](C)CC2)nc2c1c(=O)n(C)c(=O)n2C. The molecule has 2 aromatic heterocycles. The van der Waals surface area contributed by atoms with Crippen molar-refractivity contribution in [1.82, 2.24) is 18.7 Å². The molecule has 1 aliphatic rings. The summed E-state index contributed by atoms with van der Waals surface area (Å²) >= 11 is 0. The summed E-state index contributed by atoms with van der Waals surface area (Å²) in [6.45, 7) is 6.45. The van der Waals surface area contributed by atoms with Gasteiger partial charge in [-0.15, -0.1) is 0 Å². The molecule has 136 valence electrons. The maximum atomic E-state index is 12.6. The monoisotopic (exact) mass is 350 g/mol. The fourth-order valence-corrected chi connectivity index (χ4v) is 3.45. The van der Waals surface area contributed by atoms with Crippen molar-refractivity contribution in [3.8, 4) is 0 Å². The maximum absolute atomic E-state index is 12.6. The Bertz CT molecular complexity index is 930. The van der Waals surface area contributed by atoms with E-state index in [1.54, 1.807) is 11.6 Å². The van der Waals surface area contributed by atoms with Crippen LogP contribution in [0.15, 0.2) is 9.59 Å². The number of hydrogen-bond acceptors (Lipinski definition) is 4. The zero-order chi connectivity index (χ0) is 18.3. The standard InChI is InChI=1S/C16H24N6O3/c1-11(23)9-22-12(10-21-7-5-18(2)6-8-21)17-14-13(22)15(24)20(4)16(25)19(14)3/h5-10H2,1-4H3/p+2. The summed E-state index contributed by atoms with van der Waals surface area (Å²) in [6.07, 6.45) is 0. The number of hydrogen-bond donors (Lipinski definition) is 2. The van der Waals surface area contributed by atoms with Gasteiger partial charge < -0.3 is 14.4 Å². The van der Waals surface area contributed by atoms with Crippen LogP contribution < -0.4 is 21.0 Å². The Labute approximate surface area is 145 Å². The van der Waals surface area contributed by atoms with Crippen molar-refractivity contribution in [2.24, 2.45) is 14.1 Å². The maximum Gasteiger partial charge on any atom is 0.332 e. The quantitative estimate of drug-likeness (QED) is 0.587. The van der Waals surface area contributed by atoms with Gasteiger partial charge >= 0.3 is 5.69 Å². The van der Waals surface area contributed by atoms with Crippen molar-refractivity contribution in [3.63, 3.8) is 0 Å². The van der Waals surface area contributed by atoms with Gasteiger partial charge in [0.2, 0.25) is 0 Å². The highest BCUT2D eigenvalue weighted by Gasteiger charge is 2.25. The Hall–Kier alpha value is -2.26. The number of rotatable bonds is 4. The van der Waals surface area contributed by atoms with Gasteiger partial charge in [-0.3, -0.25) is 18.7 Å². The Balaban J connectivity index is 2.12. The molecule has 0 spiro atoms. The van der Waals surface area contributed by atoms with Gasteiger partial charge in [-0.25, -0.2) is 9.78 Å². The highest BCUT2D eigenvalue weighted by Crippen LogP contribution is 2.10. The Morgan fingerprint density at radius 1 is 1.12 bits per heavy atom. The molecule has 3 rings (SSSR count). The first kappa shape index (κ1) is 17.6. The van der Waals surface area contributed by atoms with Gasteiger partial charge in [0.1, 0.15) is 38.5 Å². The molecule has 0 aliphatic carbocycles. The van der Waals surface area contributed by atoms with Crippen LogP contribution in [-0.4, -0.2) is 57.7 Å². The van der Waals surface area contributed by atoms with E-state index in [1.807, 2.05) is 0 Å². The van der Waals surface area contributed by atoms with E-state index in [1.165, 1.54) is 28.3 Å². The van der Waals surface area contributed by atoms with E-state index in [2.05, 4.69) is 12.0 Å². The van der Waals surface area contributed by atoms with Gasteiger partial charge in [0.05, 0.1) is 13.6 Å². The van der Waals surface area contributed by atoms with Crippen LogP contribution in [0.2, 0.25) is 0 Å². The van der Waals surface area contributed by atoms with Crippen molar-refractivity contribution in [1.29, 1.82) is 0 Å². The third-order valence-corrected chi connectivity index (χ3v) is 5.03. The van der Waals surface area contributed by atoms with Gasteiger partial charge in [0.25, 0.3) is 5.56 Å². The largest absolute Gasteiger partial charge is 0.332 e. The first-order valence-corrected chi connectivity index (χ1v) is 8.59. The number of nitrogens with one attached hydrogen (secondary N) is 2. The van der Waals surface area contributed by atoms with Crippen LogP contribution in [0.4, 0.5) is 0 Å². The lowest BCUT2D eigenvalue weighted by atomic mass is 10.3. The van der Waals surface area contributed by atoms with Gasteiger partial charge in [-0.2, -0.15) is 0 Å². The van der Waals surface area contributed by atoms with Crippen LogP contribution in [0.25, 0.3) is 11.2 Å². The Morgan fingerprint density at radius 3 is 2.36 bits per heavy atom. The van der Waals surface area contributed by atoms with E-state index in [9.17, 15) is 14.4 Å². The predicted octanol–water partition coefficient (Wildman–Crippen LogP) is -4.06. The molecule has 0 amide bonds. The van der Waals surface area contributed by atoms with Gasteiger partial charge in [-0.05, 0) is 6.92 Å². The average Bonchev–Trinajstić information content (AvgIpc) is 2.91. The van der Waals surface area contributed by atoms with E-state index in [-0.39, 0.29) is 12.3 Å². The van der Waals surface area contributed by atoms with Crippen molar-refractivity contribution in [2.45, 2.75) is 20.0 Å². The summed E-state index contributed by atoms with van der Waals surface area (Å²) in [6, 6.07) is 0. The number of aromatic nitrogens is 4. The number of carbonyl (C=O) groups excluding carboxylic acids is 1. The number of likely N-dealkylation sites (N-methyl/N-ethyl adjacent to an activating group) is 1. The molecule has 0 aromatic carbocycles. The topological polar surface area (TPSA) is 87.8 Å². The molecular weight excluding hydrogens is 324 g/mol. The van der Waals surface area contributed by atoms with Crippen LogP contribution in [0, 0.1) is 0 Å². The molecule has 1 saturated heterocycles. The molecule has 0 saturated carbocycles. The molecule has 0 atom stereocenters. The van der Waals surface area contributed by atoms with Gasteiger partial charge in [0, 0.05) is 14.1 Å². The molecule has 0 radical (unpaired) electrons. The number of ketones is 1. The number of imidazole rings is 1. The fourth-order valence-electron chi connectivity index (χ4n) is 3.45. The number of Topliss-reactive ketones (excluding diaryl/α,β-unsaturated/α-hetero) is 1. The molecule has 1 fully saturated rings. The van der Waals surface area contributed by atoms with Crippen LogP contribution in [0.5, 0.6) is 0 Å². The lowest BCUT2D eigenvalue weighted by Crippen LogP contribution is -3.26. The third-order valence-electron chi connectivity index (χ3n) is 5.03. The zero-order valence-corrected chi connectivity index (χ0v) is 15.3. The number of aryl methyl sites for hydroxylation is 1. The first-order chi connectivity index (χ1) is 11.8. The molecular formula is C16H26N6O3+2. The van der Waals surface area contributed by atoms with E-state index in [0.29, 0.717) is 23.5 Å². The second-order valence-electron chi connectivity index (χ2n) is 7.08. The Morgan fingerprint density at radius 2 is 1.76 bits per heavy atom. The Kier molecular flexibility index (Phi) is 4.61. The summed E-state index contributed by atoms with van der Waals surface area (Å²) in [4.78, 5) is 44.0. The molecule has 0 bridgehead atoms. The van der Waals surface area contributed by atoms with Crippen molar-refractivity contribution < 1.29 is 14.6 Å². The molecule has 25 heavy (non-hydrogen) atoms. The third kappa shape index (κ3) is 3.16. The van der Waals surface area contributed by atoms with Crippen molar-refractivity contribution in [2.75, 3.05) is 33.2 Å². The van der Waals surface area contributed by atoms with E-state index in [4.69, 9.17) is 0 Å². The number of fused-ring (bicyclic) bond motifs is 1. The van der Waals surface area contributed by atoms with Gasteiger partial charge in [0.15, 0.2) is 17.0 Å². The smallest absolute Gasteiger partial charge is 0.328 e. The fraction of sp³-hybridized carbons (Fsp3) is 0.625. The normalized spacial score (nSPS) is 21.0. The van der Waals surface area contributed by atoms with E-state index >= 15 is 0 Å². The van der Waals surface area contributed by atoms with Crippen LogP contribution in [0.1, 0.15) is 12.7 Å². The molecule has 9 heteroatoms. The minimum atomic E-state index is -0.410. The van der Waals surface area contributed by atoms with Crippen molar-refractivity contribution >= 4 is 16.9 Å². The molecule has 9 nitrogen and oxygen atoms in total. The average molecular weight is 350 g/mol. The molecule has 0 unspecified atom stereocenters. The van der Waals surface area contributed by atoms with Crippen molar-refractivity contribution in [3.05, 3.63) is 26.7 Å². The number of quaternary nitrogens is 2. The lowest BCUT2D eigenvalue weighted by molar-refractivity contribution is -1.01. The lowest BCUT2D eigenvalue weighted by Gasteiger charge is -2.27. The summed E-state index contributed by atoms with van der Waals surface area (Å²) in [7, 11) is 5.23. The second-order valence-corrected chi connectivity index (χ2v) is 7.08. The number of carbonyl (C=O) groups is 1. The minimum Gasteiger partial charge on any atom is -0.328 e. The van der Waals surface area contributed by atoms with E-state index < -0.39 is 11.2 Å². The first-order valence-electron chi connectivity index (χ1n) is 8.59. The molecule has 3 heterocycles. The summed E-state index contributed by atoms with van der Waals surface area (Å²) in [5.74, 6) is 0.646. The highest BCUT2D eigenvalue weighted by atomic mass is 16.2. The van der Waals surface area contributed by atoms with Crippen LogP contribution in [0.3, 0.4) is 0 Å². The second kappa shape index (κ2) is 6.57. The molecule has 2 N–H and O–H groups in total. The summed E-state index contributed by atoms with van der Waals surface area (Å²) < 4.78 is 4.13. The molecule has 1 aliphatic heterocycles. The number of nitrogens with zero attached hydrogens (tertiary/aromatic N) is 4. The summed E-state index contributed by atoms with van der Waals surface area (Å²) in [5, 5.41) is 0. The molecule has 2 aromatic rings. The summed E-state index contributed by atoms with van der Waals surface area (Å²) in [5.41, 5.74) is -0.138. The highest BCUT2D eigenvalue weighted by molar-refractivity contribution is 5.79. The number of piperazine rings is 1. The van der Waals surface area contributed by atoms with Gasteiger partial charge in [-0.1, -0.05) is 0 Å².